The minimum absolute atomic E-state index is 0.0291. The number of hydrogen-bond acceptors (Lipinski definition) is 7. The molecule has 254 valence electrons. The zero-order valence-corrected chi connectivity index (χ0v) is 28.9. The molecule has 0 fully saturated rings. The van der Waals surface area contributed by atoms with Crippen LogP contribution in [0.5, 0.6) is 23.0 Å². The Morgan fingerprint density at radius 1 is 0.500 bits per heavy atom. The maximum absolute atomic E-state index is 15.5. The molecule has 0 unspecified atom stereocenters. The fourth-order valence-electron chi connectivity index (χ4n) is 6.56. The molecule has 9 nitrogen and oxygen atoms in total. The Labute approximate surface area is 296 Å². The average Bonchev–Trinajstić information content (AvgIpc) is 3.53. The topological polar surface area (TPSA) is 114 Å². The Hall–Kier alpha value is -6.57. The van der Waals surface area contributed by atoms with Gasteiger partial charge in [-0.05, 0) is 61.0 Å². The predicted octanol–water partition coefficient (Wildman–Crippen LogP) is 5.97. The molecule has 8 aromatic rings. The molecule has 6 aromatic carbocycles. The third-order valence-corrected chi connectivity index (χ3v) is 12.2. The first-order chi connectivity index (χ1) is 25.1. The monoisotopic (exact) mass is 704 g/mol. The van der Waals surface area contributed by atoms with Crippen LogP contribution < -0.4 is 47.6 Å². The van der Waals surface area contributed by atoms with Gasteiger partial charge >= 0.3 is 0 Å². The SMILES string of the molecule is Cc1cccc(Oc2ccc(P(=O)(c3ccccc3)c3ccccc3)c(Oc3cccc(-n4c(=O)c5cc6c(=O)n(C)c(=O)c6cc5c4=O)c3)c2)c1. The third kappa shape index (κ3) is 5.39. The van der Waals surface area contributed by atoms with Gasteiger partial charge in [-0.3, -0.25) is 23.7 Å². The summed E-state index contributed by atoms with van der Waals surface area (Å²) in [4.78, 5) is 52.6. The van der Waals surface area contributed by atoms with Crippen LogP contribution in [0, 0.1) is 6.92 Å². The van der Waals surface area contributed by atoms with Crippen LogP contribution in [0.3, 0.4) is 0 Å². The van der Waals surface area contributed by atoms with Crippen LogP contribution in [0.15, 0.2) is 159 Å². The second-order valence-corrected chi connectivity index (χ2v) is 15.2. The molecule has 0 aliphatic heterocycles. The summed E-state index contributed by atoms with van der Waals surface area (Å²) in [5.74, 6) is 1.56. The first kappa shape index (κ1) is 32.6. The van der Waals surface area contributed by atoms with Crippen LogP contribution in [-0.2, 0) is 11.6 Å². The Morgan fingerprint density at radius 3 is 1.60 bits per heavy atom. The van der Waals surface area contributed by atoms with Crippen molar-refractivity contribution in [3.8, 4) is 28.7 Å². The van der Waals surface area contributed by atoms with Crippen molar-refractivity contribution in [1.82, 2.24) is 9.13 Å². The van der Waals surface area contributed by atoms with E-state index in [1.54, 1.807) is 36.4 Å². The van der Waals surface area contributed by atoms with Crippen LogP contribution in [0.4, 0.5) is 0 Å². The van der Waals surface area contributed by atoms with Gasteiger partial charge in [-0.25, -0.2) is 4.57 Å². The van der Waals surface area contributed by atoms with Gasteiger partial charge in [-0.15, -0.1) is 0 Å². The highest BCUT2D eigenvalue weighted by Gasteiger charge is 2.33. The molecule has 0 bridgehead atoms. The highest BCUT2D eigenvalue weighted by atomic mass is 31.2. The highest BCUT2D eigenvalue weighted by Crippen LogP contribution is 2.47. The lowest BCUT2D eigenvalue weighted by molar-refractivity contribution is 0.462. The van der Waals surface area contributed by atoms with Gasteiger partial charge in [0.05, 0.1) is 32.5 Å². The van der Waals surface area contributed by atoms with E-state index in [1.807, 2.05) is 91.9 Å². The van der Waals surface area contributed by atoms with Gasteiger partial charge in [0.1, 0.15) is 23.0 Å². The van der Waals surface area contributed by atoms with Crippen molar-refractivity contribution < 1.29 is 14.0 Å². The molecule has 0 N–H and O–H groups in total. The summed E-state index contributed by atoms with van der Waals surface area (Å²) in [6, 6.07) is 40.2. The summed E-state index contributed by atoms with van der Waals surface area (Å²) >= 11 is 0. The van der Waals surface area contributed by atoms with Crippen LogP contribution in [0.2, 0.25) is 0 Å². The molecule has 0 saturated heterocycles. The number of nitrogens with zero attached hydrogens (tertiary/aromatic N) is 2. The van der Waals surface area contributed by atoms with Crippen molar-refractivity contribution in [3.63, 3.8) is 0 Å². The molecule has 0 saturated carbocycles. The number of aromatic nitrogens is 2. The van der Waals surface area contributed by atoms with Gasteiger partial charge < -0.3 is 14.0 Å². The van der Waals surface area contributed by atoms with E-state index < -0.39 is 29.4 Å². The molecule has 0 spiro atoms. The lowest BCUT2D eigenvalue weighted by Gasteiger charge is -2.23. The standard InChI is InChI=1S/C42H29N2O7P/c1-26-11-9-13-28(21-26)50-30-19-20-38(52(49,31-15-5-3-6-16-31)32-17-7-4-8-18-32)37(23-30)51-29-14-10-12-27(22-29)44-41(47)35-24-33-34(25-36(35)42(44)48)40(46)43(2)39(33)45/h3-25H,1-2H3. The summed E-state index contributed by atoms with van der Waals surface area (Å²) in [7, 11) is -2.18. The van der Waals surface area contributed by atoms with Crippen LogP contribution in [-0.4, -0.2) is 9.13 Å². The second kappa shape index (κ2) is 12.6. The van der Waals surface area contributed by atoms with Crippen LogP contribution in [0.25, 0.3) is 27.2 Å². The van der Waals surface area contributed by atoms with E-state index in [4.69, 9.17) is 9.47 Å². The van der Waals surface area contributed by atoms with Gasteiger partial charge in [-0.1, -0.05) is 78.9 Å². The average molecular weight is 705 g/mol. The maximum Gasteiger partial charge on any atom is 0.266 e. The molecule has 10 heteroatoms. The molecular formula is C42H29N2O7P. The smallest absolute Gasteiger partial charge is 0.266 e. The van der Waals surface area contributed by atoms with Gasteiger partial charge in [-0.2, -0.15) is 0 Å². The Morgan fingerprint density at radius 2 is 1.02 bits per heavy atom. The molecule has 0 aliphatic carbocycles. The molecular weight excluding hydrogens is 675 g/mol. The predicted molar refractivity (Wildman–Crippen MR) is 204 cm³/mol. The highest BCUT2D eigenvalue weighted by molar-refractivity contribution is 7.85. The van der Waals surface area contributed by atoms with Crippen molar-refractivity contribution in [2.24, 2.45) is 7.05 Å². The Kier molecular flexibility index (Phi) is 7.93. The lowest BCUT2D eigenvalue weighted by Crippen LogP contribution is -2.26. The van der Waals surface area contributed by atoms with Crippen molar-refractivity contribution in [2.75, 3.05) is 0 Å². The second-order valence-electron chi connectivity index (χ2n) is 12.5. The van der Waals surface area contributed by atoms with E-state index in [0.29, 0.717) is 27.4 Å². The maximum atomic E-state index is 15.5. The molecule has 2 aromatic heterocycles. The number of benzene rings is 6. The number of ether oxygens (including phenoxy) is 2. The fourth-order valence-corrected chi connectivity index (χ4v) is 9.30. The molecule has 0 radical (unpaired) electrons. The van der Waals surface area contributed by atoms with E-state index in [0.717, 1.165) is 14.7 Å². The first-order valence-corrected chi connectivity index (χ1v) is 18.1. The summed E-state index contributed by atoms with van der Waals surface area (Å²) in [6.07, 6.45) is 0. The fraction of sp³-hybridized carbons (Fsp3) is 0.0476. The van der Waals surface area contributed by atoms with Crippen molar-refractivity contribution in [2.45, 2.75) is 6.92 Å². The van der Waals surface area contributed by atoms with Crippen molar-refractivity contribution in [3.05, 3.63) is 187 Å². The minimum atomic E-state index is -3.53. The minimum Gasteiger partial charge on any atom is -0.457 e. The van der Waals surface area contributed by atoms with Gasteiger partial charge in [0, 0.05) is 29.8 Å². The van der Waals surface area contributed by atoms with Crippen LogP contribution >= 0.6 is 7.14 Å². The van der Waals surface area contributed by atoms with Gasteiger partial charge in [0.15, 0.2) is 7.14 Å². The Bertz CT molecular complexity index is 2820. The zero-order valence-electron chi connectivity index (χ0n) is 28.0. The quantitative estimate of drug-likeness (QED) is 0.179. The van der Waals surface area contributed by atoms with E-state index in [-0.39, 0.29) is 38.7 Å². The number of rotatable bonds is 8. The molecule has 0 aliphatic rings. The molecule has 8 rings (SSSR count). The van der Waals surface area contributed by atoms with Gasteiger partial charge in [0.2, 0.25) is 0 Å². The summed E-state index contributed by atoms with van der Waals surface area (Å²) in [5.41, 5.74) is -1.12. The summed E-state index contributed by atoms with van der Waals surface area (Å²) < 4.78 is 30.2. The van der Waals surface area contributed by atoms with Crippen LogP contribution in [0.1, 0.15) is 5.56 Å². The lowest BCUT2D eigenvalue weighted by atomic mass is 10.1. The number of fused-ring (bicyclic) bond motifs is 2. The van der Waals surface area contributed by atoms with Crippen molar-refractivity contribution in [1.29, 1.82) is 0 Å². The molecule has 0 atom stereocenters. The first-order valence-electron chi connectivity index (χ1n) is 16.4. The van der Waals surface area contributed by atoms with E-state index in [9.17, 15) is 19.2 Å². The number of hydrogen-bond donors (Lipinski definition) is 0. The van der Waals surface area contributed by atoms with E-state index >= 15 is 4.57 Å². The van der Waals surface area contributed by atoms with Gasteiger partial charge in [0.25, 0.3) is 22.2 Å². The molecule has 2 heterocycles. The third-order valence-electron chi connectivity index (χ3n) is 9.13. The number of aryl methyl sites for hydroxylation is 1. The molecule has 52 heavy (non-hydrogen) atoms. The molecule has 0 amide bonds. The largest absolute Gasteiger partial charge is 0.457 e. The van der Waals surface area contributed by atoms with Crippen molar-refractivity contribution >= 4 is 44.6 Å². The van der Waals surface area contributed by atoms with E-state index in [1.165, 1.54) is 25.2 Å². The van der Waals surface area contributed by atoms with E-state index in [2.05, 4.69) is 0 Å². The zero-order chi connectivity index (χ0) is 36.1. The Balaban J connectivity index is 1.28. The normalized spacial score (nSPS) is 11.7. The summed E-state index contributed by atoms with van der Waals surface area (Å²) in [6.45, 7) is 1.96. The summed E-state index contributed by atoms with van der Waals surface area (Å²) in [5, 5.41) is 1.84.